The van der Waals surface area contributed by atoms with Gasteiger partial charge in [-0.1, -0.05) is 251 Å². The molecule has 3 N–H and O–H groups in total. The van der Waals surface area contributed by atoms with Gasteiger partial charge in [0.1, 0.15) is 12.7 Å². The molecule has 10 nitrogen and oxygen atoms in total. The maximum Gasteiger partial charge on any atom is 0.472 e. The van der Waals surface area contributed by atoms with E-state index in [9.17, 15) is 24.2 Å². The Labute approximate surface area is 382 Å². The van der Waals surface area contributed by atoms with Gasteiger partial charge in [0.2, 0.25) is 0 Å². The smallest absolute Gasteiger partial charge is 0.462 e. The molecule has 3 atom stereocenters. The normalized spacial score (nSPS) is 13.6. The van der Waals surface area contributed by atoms with Crippen molar-refractivity contribution in [2.45, 2.75) is 289 Å². The van der Waals surface area contributed by atoms with Crippen molar-refractivity contribution in [3.8, 4) is 0 Å². The Kier molecular flexibility index (Phi) is 47.1. The van der Waals surface area contributed by atoms with Crippen LogP contribution in [0.3, 0.4) is 0 Å². The van der Waals surface area contributed by atoms with Crippen LogP contribution >= 0.6 is 7.82 Å². The van der Waals surface area contributed by atoms with E-state index in [1.54, 1.807) is 0 Å². The number of aliphatic hydroxyl groups is 2. The van der Waals surface area contributed by atoms with Gasteiger partial charge in [-0.2, -0.15) is 0 Å². The molecule has 1 unspecified atom stereocenters. The molecule has 0 bridgehead atoms. The predicted octanol–water partition coefficient (Wildman–Crippen LogP) is 15.0. The van der Waals surface area contributed by atoms with Crippen LogP contribution in [0.25, 0.3) is 0 Å². The van der Waals surface area contributed by atoms with Crippen LogP contribution in [-0.2, 0) is 32.7 Å². The van der Waals surface area contributed by atoms with E-state index in [1.165, 1.54) is 205 Å². The number of hydrogen-bond acceptors (Lipinski definition) is 9. The van der Waals surface area contributed by atoms with Gasteiger partial charge in [0.05, 0.1) is 19.8 Å². The highest BCUT2D eigenvalue weighted by molar-refractivity contribution is 7.47. The fourth-order valence-corrected chi connectivity index (χ4v) is 8.73. The van der Waals surface area contributed by atoms with Crippen LogP contribution < -0.4 is 0 Å². The second-order valence-corrected chi connectivity index (χ2v) is 19.7. The van der Waals surface area contributed by atoms with E-state index in [1.807, 2.05) is 0 Å². The van der Waals surface area contributed by atoms with Crippen molar-refractivity contribution in [2.24, 2.45) is 0 Å². The highest BCUT2D eigenvalue weighted by Gasteiger charge is 2.27. The van der Waals surface area contributed by atoms with Crippen molar-refractivity contribution in [1.82, 2.24) is 0 Å². The van der Waals surface area contributed by atoms with Crippen molar-refractivity contribution >= 4 is 19.8 Å². The van der Waals surface area contributed by atoms with Crippen molar-refractivity contribution in [3.63, 3.8) is 0 Å². The molecule has 0 aliphatic heterocycles. The van der Waals surface area contributed by atoms with Gasteiger partial charge in [-0.3, -0.25) is 18.6 Å². The van der Waals surface area contributed by atoms with E-state index in [2.05, 4.69) is 13.8 Å². The van der Waals surface area contributed by atoms with Crippen LogP contribution in [0.5, 0.6) is 0 Å². The van der Waals surface area contributed by atoms with E-state index in [0.29, 0.717) is 12.8 Å². The third-order valence-corrected chi connectivity index (χ3v) is 13.0. The number of carbonyl (C=O) groups is 2. The molecule has 0 radical (unpaired) electrons. The third-order valence-electron chi connectivity index (χ3n) is 12.0. The first kappa shape index (κ1) is 61.0. The first-order chi connectivity index (χ1) is 30.2. The fourth-order valence-electron chi connectivity index (χ4n) is 7.94. The molecule has 370 valence electrons. The number of aliphatic hydroxyl groups excluding tert-OH is 2. The summed E-state index contributed by atoms with van der Waals surface area (Å²) >= 11 is 0. The molecular formula is C51H101O10P. The summed E-state index contributed by atoms with van der Waals surface area (Å²) in [7, 11) is -4.62. The van der Waals surface area contributed by atoms with Gasteiger partial charge in [-0.25, -0.2) is 4.57 Å². The fraction of sp³-hybridized carbons (Fsp3) is 0.961. The molecule has 0 rings (SSSR count). The summed E-state index contributed by atoms with van der Waals surface area (Å²) < 4.78 is 32.9. The standard InChI is InChI=1S/C51H101O10P/c1-3-5-7-9-11-13-15-17-19-21-23-24-25-27-28-30-32-34-36-38-40-42-50(54)58-46-49(47-60-62(56,57)59-45-48(53)44-52)61-51(55)43-41-39-37-35-33-31-29-26-22-20-18-16-14-12-10-8-6-4-2/h48-49,52-53H,3-47H2,1-2H3,(H,56,57)/t48-,49+/m0/s1. The van der Waals surface area contributed by atoms with Gasteiger partial charge in [0.25, 0.3) is 0 Å². The van der Waals surface area contributed by atoms with E-state index < -0.39 is 51.8 Å². The minimum atomic E-state index is -4.62. The zero-order chi connectivity index (χ0) is 45.5. The zero-order valence-corrected chi connectivity index (χ0v) is 41.5. The lowest BCUT2D eigenvalue weighted by Crippen LogP contribution is -2.29. The van der Waals surface area contributed by atoms with Crippen LogP contribution in [0.1, 0.15) is 277 Å². The van der Waals surface area contributed by atoms with E-state index >= 15 is 0 Å². The molecule has 0 aromatic rings. The summed E-state index contributed by atoms with van der Waals surface area (Å²) in [4.78, 5) is 35.2. The first-order valence-corrected chi connectivity index (χ1v) is 28.0. The first-order valence-electron chi connectivity index (χ1n) is 26.5. The number of phosphoric ester groups is 1. The summed E-state index contributed by atoms with van der Waals surface area (Å²) in [6, 6.07) is 0. The van der Waals surface area contributed by atoms with E-state index in [4.69, 9.17) is 23.6 Å². The van der Waals surface area contributed by atoms with Crippen LogP contribution in [0, 0.1) is 0 Å². The number of esters is 2. The maximum atomic E-state index is 12.7. The van der Waals surface area contributed by atoms with Gasteiger partial charge in [0.15, 0.2) is 6.10 Å². The molecule has 11 heteroatoms. The summed E-state index contributed by atoms with van der Waals surface area (Å²) in [5, 5.41) is 18.4. The molecule has 0 amide bonds. The quantitative estimate of drug-likeness (QED) is 0.0306. The lowest BCUT2D eigenvalue weighted by molar-refractivity contribution is -0.161. The monoisotopic (exact) mass is 905 g/mol. The molecule has 0 fully saturated rings. The number of rotatable bonds is 51. The summed E-state index contributed by atoms with van der Waals surface area (Å²) in [6.45, 7) is 2.46. The summed E-state index contributed by atoms with van der Waals surface area (Å²) in [5.74, 6) is -0.901. The number of carbonyl (C=O) groups excluding carboxylic acids is 2. The van der Waals surface area contributed by atoms with Crippen LogP contribution in [0.15, 0.2) is 0 Å². The zero-order valence-electron chi connectivity index (χ0n) is 40.6. The molecule has 0 heterocycles. The summed E-state index contributed by atoms with van der Waals surface area (Å²) in [5.41, 5.74) is 0. The largest absolute Gasteiger partial charge is 0.472 e. The van der Waals surface area contributed by atoms with Gasteiger partial charge < -0.3 is 24.6 Å². The second-order valence-electron chi connectivity index (χ2n) is 18.3. The Morgan fingerprint density at radius 1 is 0.419 bits per heavy atom. The molecule has 0 saturated heterocycles. The molecule has 0 aliphatic rings. The van der Waals surface area contributed by atoms with Gasteiger partial charge in [-0.05, 0) is 12.8 Å². The number of unbranched alkanes of at least 4 members (excludes halogenated alkanes) is 37. The molecular weight excluding hydrogens is 804 g/mol. The molecule has 0 saturated carbocycles. The lowest BCUT2D eigenvalue weighted by Gasteiger charge is -2.20. The van der Waals surface area contributed by atoms with Crippen molar-refractivity contribution in [1.29, 1.82) is 0 Å². The Bertz CT molecular complexity index is 998. The molecule has 62 heavy (non-hydrogen) atoms. The molecule has 0 aromatic carbocycles. The van der Waals surface area contributed by atoms with E-state index in [-0.39, 0.29) is 19.4 Å². The molecule has 0 aromatic heterocycles. The van der Waals surface area contributed by atoms with Gasteiger partial charge >= 0.3 is 19.8 Å². The molecule has 0 spiro atoms. The van der Waals surface area contributed by atoms with Gasteiger partial charge in [-0.15, -0.1) is 0 Å². The molecule has 0 aliphatic carbocycles. The topological polar surface area (TPSA) is 149 Å². The van der Waals surface area contributed by atoms with Crippen LogP contribution in [-0.4, -0.2) is 65.7 Å². The minimum absolute atomic E-state index is 0.193. The number of ether oxygens (including phenoxy) is 2. The lowest BCUT2D eigenvalue weighted by atomic mass is 10.0. The Balaban J connectivity index is 4.10. The second kappa shape index (κ2) is 47.9. The number of hydrogen-bond donors (Lipinski definition) is 3. The van der Waals surface area contributed by atoms with Crippen molar-refractivity contribution in [3.05, 3.63) is 0 Å². The Morgan fingerprint density at radius 3 is 1.00 bits per heavy atom. The Morgan fingerprint density at radius 2 is 0.694 bits per heavy atom. The third kappa shape index (κ3) is 46.9. The predicted molar refractivity (Wildman–Crippen MR) is 256 cm³/mol. The number of phosphoric acid groups is 1. The highest BCUT2D eigenvalue weighted by atomic mass is 31.2. The maximum absolute atomic E-state index is 12.7. The average molecular weight is 905 g/mol. The minimum Gasteiger partial charge on any atom is -0.462 e. The van der Waals surface area contributed by atoms with Crippen molar-refractivity contribution in [2.75, 3.05) is 26.4 Å². The highest BCUT2D eigenvalue weighted by Crippen LogP contribution is 2.43. The van der Waals surface area contributed by atoms with Crippen LogP contribution in [0.2, 0.25) is 0 Å². The van der Waals surface area contributed by atoms with Crippen LogP contribution in [0.4, 0.5) is 0 Å². The Hall–Kier alpha value is -1.03. The summed E-state index contributed by atoms with van der Waals surface area (Å²) in [6.07, 6.45) is 47.9. The van der Waals surface area contributed by atoms with E-state index in [0.717, 1.165) is 32.1 Å². The van der Waals surface area contributed by atoms with Crippen molar-refractivity contribution < 1.29 is 47.8 Å². The average Bonchev–Trinajstić information content (AvgIpc) is 3.26. The van der Waals surface area contributed by atoms with Gasteiger partial charge in [0, 0.05) is 12.8 Å². The SMILES string of the molecule is CCCCCCCCCCCCCCCCCCCCCCCC(=O)OC[C@H](COP(=O)(O)OC[C@@H](O)CO)OC(=O)CCCCCCCCCCCCCCCCCCCC.